The summed E-state index contributed by atoms with van der Waals surface area (Å²) in [6.45, 7) is 2.41. The van der Waals surface area contributed by atoms with Crippen LogP contribution < -0.4 is 14.2 Å². The fourth-order valence-corrected chi connectivity index (χ4v) is 2.04. The number of pyridine rings is 1. The number of benzene rings is 1. The van der Waals surface area contributed by atoms with Gasteiger partial charge in [-0.15, -0.1) is 0 Å². The number of ether oxygens (including phenoxy) is 3. The Balaban J connectivity index is 1.82. The van der Waals surface area contributed by atoms with E-state index in [1.54, 1.807) is 18.3 Å². The second-order valence-corrected chi connectivity index (χ2v) is 4.53. The zero-order valence-corrected chi connectivity index (χ0v) is 11.1. The lowest BCUT2D eigenvalue weighted by Gasteiger charge is -2.12. The van der Waals surface area contributed by atoms with E-state index in [2.05, 4.69) is 4.98 Å². The number of rotatable bonds is 4. The van der Waals surface area contributed by atoms with Crippen LogP contribution in [0.15, 0.2) is 30.5 Å². The maximum absolute atomic E-state index is 9.41. The van der Waals surface area contributed by atoms with Gasteiger partial charge in [-0.1, -0.05) is 6.07 Å². The molecular formula is C15H15NO4. The lowest BCUT2D eigenvalue weighted by Crippen LogP contribution is -2.02. The topological polar surface area (TPSA) is 60.8 Å². The molecule has 0 saturated carbocycles. The molecule has 1 N–H and O–H groups in total. The largest absolute Gasteiger partial charge is 0.487 e. The molecule has 1 aliphatic rings. The first-order chi connectivity index (χ1) is 9.78. The second kappa shape index (κ2) is 5.38. The van der Waals surface area contributed by atoms with E-state index >= 15 is 0 Å². The van der Waals surface area contributed by atoms with Crippen molar-refractivity contribution >= 4 is 0 Å². The van der Waals surface area contributed by atoms with Crippen molar-refractivity contribution in [1.82, 2.24) is 4.98 Å². The highest BCUT2D eigenvalue weighted by atomic mass is 16.7. The van der Waals surface area contributed by atoms with Crippen LogP contribution in [0.2, 0.25) is 0 Å². The molecule has 0 bridgehead atoms. The van der Waals surface area contributed by atoms with E-state index in [9.17, 15) is 5.11 Å². The van der Waals surface area contributed by atoms with Crippen molar-refractivity contribution in [3.63, 3.8) is 0 Å². The fourth-order valence-electron chi connectivity index (χ4n) is 2.04. The van der Waals surface area contributed by atoms with Crippen molar-refractivity contribution in [3.8, 4) is 17.2 Å². The molecular weight excluding hydrogens is 258 g/mol. The smallest absolute Gasteiger partial charge is 0.231 e. The number of nitrogens with zero attached hydrogens (tertiary/aromatic N) is 1. The summed E-state index contributed by atoms with van der Waals surface area (Å²) in [5, 5.41) is 9.41. The van der Waals surface area contributed by atoms with Gasteiger partial charge in [0.15, 0.2) is 11.5 Å². The third-order valence-corrected chi connectivity index (χ3v) is 3.21. The highest BCUT2D eigenvalue weighted by Crippen LogP contribution is 2.38. The van der Waals surface area contributed by atoms with Gasteiger partial charge >= 0.3 is 0 Å². The van der Waals surface area contributed by atoms with E-state index in [1.165, 1.54) is 0 Å². The molecule has 1 aromatic heterocycles. The lowest BCUT2D eigenvalue weighted by atomic mass is 10.2. The Morgan fingerprint density at radius 3 is 2.85 bits per heavy atom. The van der Waals surface area contributed by atoms with Crippen molar-refractivity contribution in [3.05, 3.63) is 47.3 Å². The summed E-state index contributed by atoms with van der Waals surface area (Å²) < 4.78 is 16.4. The van der Waals surface area contributed by atoms with Gasteiger partial charge in [0, 0.05) is 17.8 Å². The quantitative estimate of drug-likeness (QED) is 0.925. The Morgan fingerprint density at radius 1 is 1.30 bits per heavy atom. The number of hydrogen-bond donors (Lipinski definition) is 1. The van der Waals surface area contributed by atoms with Gasteiger partial charge in [0.1, 0.15) is 12.4 Å². The van der Waals surface area contributed by atoms with E-state index in [4.69, 9.17) is 14.2 Å². The standard InChI is InChI=1S/C15H15NO4/c1-10-3-2-4-16-12(10)8-18-13-6-15-14(19-9-20-15)5-11(13)7-17/h2-6,17H,7-9H2,1H3. The Bertz CT molecular complexity index is 627. The van der Waals surface area contributed by atoms with Crippen molar-refractivity contribution in [2.24, 2.45) is 0 Å². The fraction of sp³-hybridized carbons (Fsp3) is 0.267. The molecule has 0 aliphatic carbocycles. The van der Waals surface area contributed by atoms with Crippen LogP contribution in [0.3, 0.4) is 0 Å². The summed E-state index contributed by atoms with van der Waals surface area (Å²) >= 11 is 0. The van der Waals surface area contributed by atoms with Crippen molar-refractivity contribution in [2.45, 2.75) is 20.1 Å². The van der Waals surface area contributed by atoms with Crippen molar-refractivity contribution in [1.29, 1.82) is 0 Å². The number of fused-ring (bicyclic) bond motifs is 1. The van der Waals surface area contributed by atoms with Crippen LogP contribution in [0.5, 0.6) is 17.2 Å². The zero-order chi connectivity index (χ0) is 13.9. The lowest BCUT2D eigenvalue weighted by molar-refractivity contribution is 0.173. The van der Waals surface area contributed by atoms with E-state index in [0.717, 1.165) is 11.3 Å². The predicted molar refractivity (Wildman–Crippen MR) is 71.8 cm³/mol. The zero-order valence-electron chi connectivity index (χ0n) is 11.1. The number of aliphatic hydroxyl groups excluding tert-OH is 1. The average Bonchev–Trinajstić information content (AvgIpc) is 2.92. The molecule has 5 nitrogen and oxygen atoms in total. The summed E-state index contributed by atoms with van der Waals surface area (Å²) in [6.07, 6.45) is 1.73. The van der Waals surface area contributed by atoms with Gasteiger partial charge in [-0.05, 0) is 24.6 Å². The van der Waals surface area contributed by atoms with Gasteiger partial charge < -0.3 is 19.3 Å². The Kier molecular flexibility index (Phi) is 3.43. The second-order valence-electron chi connectivity index (χ2n) is 4.53. The van der Waals surface area contributed by atoms with Crippen LogP contribution >= 0.6 is 0 Å². The molecule has 0 saturated heterocycles. The number of aromatic nitrogens is 1. The third kappa shape index (κ3) is 2.40. The van der Waals surface area contributed by atoms with E-state index in [-0.39, 0.29) is 13.4 Å². The molecule has 0 spiro atoms. The minimum atomic E-state index is -0.118. The Labute approximate surface area is 116 Å². The number of aliphatic hydroxyl groups is 1. The predicted octanol–water partition coefficient (Wildman–Crippen LogP) is 2.19. The molecule has 1 aliphatic heterocycles. The summed E-state index contributed by atoms with van der Waals surface area (Å²) in [5.74, 6) is 1.85. The first-order valence-electron chi connectivity index (χ1n) is 6.34. The molecule has 0 radical (unpaired) electrons. The molecule has 0 atom stereocenters. The van der Waals surface area contributed by atoms with Crippen LogP contribution in [-0.4, -0.2) is 16.9 Å². The van der Waals surface area contributed by atoms with Gasteiger partial charge in [0.2, 0.25) is 6.79 Å². The monoisotopic (exact) mass is 273 g/mol. The van der Waals surface area contributed by atoms with Gasteiger partial charge in [-0.3, -0.25) is 4.98 Å². The van der Waals surface area contributed by atoms with E-state index < -0.39 is 0 Å². The summed E-state index contributed by atoms with van der Waals surface area (Å²) in [7, 11) is 0. The first kappa shape index (κ1) is 12.7. The maximum Gasteiger partial charge on any atom is 0.231 e. The van der Waals surface area contributed by atoms with Crippen LogP contribution in [-0.2, 0) is 13.2 Å². The summed E-state index contributed by atoms with van der Waals surface area (Å²) in [6, 6.07) is 7.35. The number of hydrogen-bond acceptors (Lipinski definition) is 5. The van der Waals surface area contributed by atoms with E-state index in [1.807, 2.05) is 19.1 Å². The SMILES string of the molecule is Cc1cccnc1COc1cc2c(cc1CO)OCO2. The maximum atomic E-state index is 9.41. The minimum Gasteiger partial charge on any atom is -0.487 e. The molecule has 2 aromatic rings. The molecule has 104 valence electrons. The molecule has 0 fully saturated rings. The van der Waals surface area contributed by atoms with Crippen LogP contribution in [0, 0.1) is 6.92 Å². The average molecular weight is 273 g/mol. The van der Waals surface area contributed by atoms with Crippen molar-refractivity contribution in [2.75, 3.05) is 6.79 Å². The van der Waals surface area contributed by atoms with Crippen LogP contribution in [0.1, 0.15) is 16.8 Å². The molecule has 3 rings (SSSR count). The molecule has 0 amide bonds. The van der Waals surface area contributed by atoms with Gasteiger partial charge in [-0.25, -0.2) is 0 Å². The Morgan fingerprint density at radius 2 is 2.10 bits per heavy atom. The van der Waals surface area contributed by atoms with E-state index in [0.29, 0.717) is 29.4 Å². The first-order valence-corrected chi connectivity index (χ1v) is 6.34. The third-order valence-electron chi connectivity index (χ3n) is 3.21. The van der Waals surface area contributed by atoms with Crippen LogP contribution in [0.25, 0.3) is 0 Å². The highest BCUT2D eigenvalue weighted by molar-refractivity contribution is 5.51. The molecule has 5 heteroatoms. The van der Waals surface area contributed by atoms with Crippen molar-refractivity contribution < 1.29 is 19.3 Å². The normalized spacial score (nSPS) is 12.5. The van der Waals surface area contributed by atoms with Gasteiger partial charge in [-0.2, -0.15) is 0 Å². The molecule has 0 unspecified atom stereocenters. The minimum absolute atomic E-state index is 0.118. The molecule has 2 heterocycles. The summed E-state index contributed by atoms with van der Waals surface area (Å²) in [4.78, 5) is 4.28. The molecule has 1 aromatic carbocycles. The summed E-state index contributed by atoms with van der Waals surface area (Å²) in [5.41, 5.74) is 2.61. The molecule has 20 heavy (non-hydrogen) atoms. The van der Waals surface area contributed by atoms with Gasteiger partial charge in [0.25, 0.3) is 0 Å². The van der Waals surface area contributed by atoms with Gasteiger partial charge in [0.05, 0.1) is 12.3 Å². The van der Waals surface area contributed by atoms with Crippen LogP contribution in [0.4, 0.5) is 0 Å². The Hall–Kier alpha value is -2.27. The highest BCUT2D eigenvalue weighted by Gasteiger charge is 2.18. The number of aryl methyl sites for hydroxylation is 1.